The van der Waals surface area contributed by atoms with Crippen LogP contribution < -0.4 is 11.1 Å². The van der Waals surface area contributed by atoms with Crippen molar-refractivity contribution in [1.29, 1.82) is 0 Å². The van der Waals surface area contributed by atoms with Crippen LogP contribution in [0.1, 0.15) is 15.9 Å². The van der Waals surface area contributed by atoms with E-state index in [0.29, 0.717) is 5.56 Å². The van der Waals surface area contributed by atoms with Crippen molar-refractivity contribution in [2.24, 2.45) is 0 Å². The molecule has 1 amide bonds. The van der Waals surface area contributed by atoms with E-state index in [2.05, 4.69) is 5.32 Å². The van der Waals surface area contributed by atoms with Gasteiger partial charge in [-0.25, -0.2) is 4.39 Å². The Hall–Kier alpha value is -2.96. The van der Waals surface area contributed by atoms with Crippen molar-refractivity contribution in [3.8, 4) is 0 Å². The second kappa shape index (κ2) is 5.58. The summed E-state index contributed by atoms with van der Waals surface area (Å²) in [5.41, 5.74) is 6.49. The Morgan fingerprint density at radius 2 is 2.00 bits per heavy atom. The SMILES string of the molecule is Cc1ccc([N+](=O)[O-])cc1NC(=O)c1cc(F)ccc1N. The Morgan fingerprint density at radius 3 is 2.67 bits per heavy atom. The number of anilines is 2. The van der Waals surface area contributed by atoms with E-state index in [1.165, 1.54) is 24.3 Å². The zero-order chi connectivity index (χ0) is 15.6. The second-order valence-corrected chi connectivity index (χ2v) is 4.44. The monoisotopic (exact) mass is 289 g/mol. The number of nitrogens with two attached hydrogens (primary N) is 1. The zero-order valence-corrected chi connectivity index (χ0v) is 11.1. The van der Waals surface area contributed by atoms with Gasteiger partial charge in [-0.2, -0.15) is 0 Å². The summed E-state index contributed by atoms with van der Waals surface area (Å²) in [6.45, 7) is 1.69. The average Bonchev–Trinajstić information content (AvgIpc) is 2.43. The van der Waals surface area contributed by atoms with Crippen molar-refractivity contribution in [3.05, 3.63) is 63.5 Å². The summed E-state index contributed by atoms with van der Waals surface area (Å²) < 4.78 is 13.2. The lowest BCUT2D eigenvalue weighted by Gasteiger charge is -2.10. The first-order chi connectivity index (χ1) is 9.88. The van der Waals surface area contributed by atoms with Crippen molar-refractivity contribution >= 4 is 23.0 Å². The van der Waals surface area contributed by atoms with Crippen LogP contribution in [0.2, 0.25) is 0 Å². The van der Waals surface area contributed by atoms with Crippen LogP contribution in [0.3, 0.4) is 0 Å². The standard InChI is InChI=1S/C14H12FN3O3/c1-8-2-4-10(18(20)21)7-13(8)17-14(19)11-6-9(15)3-5-12(11)16/h2-7H,16H2,1H3,(H,17,19). The number of aryl methyl sites for hydroxylation is 1. The largest absolute Gasteiger partial charge is 0.398 e. The van der Waals surface area contributed by atoms with Crippen molar-refractivity contribution in [3.63, 3.8) is 0 Å². The Bertz CT molecular complexity index is 731. The van der Waals surface area contributed by atoms with E-state index in [0.717, 1.165) is 12.1 Å². The third kappa shape index (κ3) is 3.14. The molecule has 6 nitrogen and oxygen atoms in total. The summed E-state index contributed by atoms with van der Waals surface area (Å²) >= 11 is 0. The van der Waals surface area contributed by atoms with Crippen LogP contribution in [0.25, 0.3) is 0 Å². The first-order valence-corrected chi connectivity index (χ1v) is 6.00. The van der Waals surface area contributed by atoms with Gasteiger partial charge in [0.15, 0.2) is 0 Å². The number of nitrogen functional groups attached to an aromatic ring is 1. The molecule has 2 rings (SSSR count). The van der Waals surface area contributed by atoms with Gasteiger partial charge in [0.25, 0.3) is 11.6 Å². The molecule has 0 radical (unpaired) electrons. The van der Waals surface area contributed by atoms with Gasteiger partial charge < -0.3 is 11.1 Å². The molecule has 0 fully saturated rings. The van der Waals surface area contributed by atoms with Gasteiger partial charge in [0.05, 0.1) is 16.2 Å². The minimum absolute atomic E-state index is 0.0269. The Labute approximate surface area is 119 Å². The van der Waals surface area contributed by atoms with Gasteiger partial charge in [-0.15, -0.1) is 0 Å². The fourth-order valence-corrected chi connectivity index (χ4v) is 1.77. The lowest BCUT2D eigenvalue weighted by Crippen LogP contribution is -2.15. The van der Waals surface area contributed by atoms with Crippen LogP contribution in [-0.2, 0) is 0 Å². The molecule has 0 aliphatic carbocycles. The first kappa shape index (κ1) is 14.4. The molecule has 2 aromatic rings. The summed E-state index contributed by atoms with van der Waals surface area (Å²) in [6, 6.07) is 7.53. The van der Waals surface area contributed by atoms with E-state index >= 15 is 0 Å². The van der Waals surface area contributed by atoms with Crippen LogP contribution in [0.4, 0.5) is 21.5 Å². The summed E-state index contributed by atoms with van der Waals surface area (Å²) in [6.07, 6.45) is 0. The number of carbonyl (C=O) groups excluding carboxylic acids is 1. The number of nitrogens with one attached hydrogen (secondary N) is 1. The van der Waals surface area contributed by atoms with E-state index in [9.17, 15) is 19.3 Å². The number of hydrogen-bond acceptors (Lipinski definition) is 4. The highest BCUT2D eigenvalue weighted by Gasteiger charge is 2.14. The van der Waals surface area contributed by atoms with Crippen LogP contribution in [0.15, 0.2) is 36.4 Å². The molecule has 0 saturated heterocycles. The minimum Gasteiger partial charge on any atom is -0.398 e. The summed E-state index contributed by atoms with van der Waals surface area (Å²) in [5.74, 6) is -1.22. The molecule has 0 atom stereocenters. The van der Waals surface area contributed by atoms with Crippen LogP contribution >= 0.6 is 0 Å². The van der Waals surface area contributed by atoms with E-state index in [1.54, 1.807) is 6.92 Å². The number of nitro groups is 1. The van der Waals surface area contributed by atoms with E-state index in [-0.39, 0.29) is 22.6 Å². The molecule has 0 saturated carbocycles. The van der Waals surface area contributed by atoms with Crippen LogP contribution in [0, 0.1) is 22.9 Å². The van der Waals surface area contributed by atoms with Crippen molar-refractivity contribution < 1.29 is 14.1 Å². The van der Waals surface area contributed by atoms with Gasteiger partial charge in [-0.3, -0.25) is 14.9 Å². The molecule has 0 aliphatic rings. The van der Waals surface area contributed by atoms with E-state index < -0.39 is 16.6 Å². The molecule has 0 bridgehead atoms. The van der Waals surface area contributed by atoms with Gasteiger partial charge in [-0.05, 0) is 30.7 Å². The fourth-order valence-electron chi connectivity index (χ4n) is 1.77. The molecule has 0 unspecified atom stereocenters. The third-order valence-corrected chi connectivity index (χ3v) is 2.94. The molecule has 3 N–H and O–H groups in total. The Morgan fingerprint density at radius 1 is 1.29 bits per heavy atom. The maximum Gasteiger partial charge on any atom is 0.271 e. The lowest BCUT2D eigenvalue weighted by atomic mass is 10.1. The molecule has 108 valence electrons. The number of hydrogen-bond donors (Lipinski definition) is 2. The summed E-state index contributed by atoms with van der Waals surface area (Å²) in [5, 5.41) is 13.2. The van der Waals surface area contributed by atoms with Crippen LogP contribution in [0.5, 0.6) is 0 Å². The summed E-state index contributed by atoms with van der Waals surface area (Å²) in [4.78, 5) is 22.3. The van der Waals surface area contributed by atoms with Crippen molar-refractivity contribution in [1.82, 2.24) is 0 Å². The molecular formula is C14H12FN3O3. The van der Waals surface area contributed by atoms with Gasteiger partial charge in [0.1, 0.15) is 5.82 Å². The number of carbonyl (C=O) groups is 1. The highest BCUT2D eigenvalue weighted by molar-refractivity contribution is 6.08. The van der Waals surface area contributed by atoms with Gasteiger partial charge in [0, 0.05) is 17.8 Å². The molecule has 2 aromatic carbocycles. The van der Waals surface area contributed by atoms with Crippen molar-refractivity contribution in [2.75, 3.05) is 11.1 Å². The molecule has 0 spiro atoms. The minimum atomic E-state index is -0.629. The van der Waals surface area contributed by atoms with Crippen molar-refractivity contribution in [2.45, 2.75) is 6.92 Å². The fraction of sp³-hybridized carbons (Fsp3) is 0.0714. The Kier molecular flexibility index (Phi) is 3.84. The Balaban J connectivity index is 2.33. The maximum absolute atomic E-state index is 13.2. The topological polar surface area (TPSA) is 98.3 Å². The third-order valence-electron chi connectivity index (χ3n) is 2.94. The number of nitrogens with zero attached hydrogens (tertiary/aromatic N) is 1. The first-order valence-electron chi connectivity index (χ1n) is 6.00. The molecule has 0 heterocycles. The number of nitro benzene ring substituents is 1. The quantitative estimate of drug-likeness (QED) is 0.515. The van der Waals surface area contributed by atoms with Gasteiger partial charge in [-0.1, -0.05) is 6.07 Å². The number of benzene rings is 2. The number of amides is 1. The number of halogens is 1. The van der Waals surface area contributed by atoms with Gasteiger partial charge >= 0.3 is 0 Å². The second-order valence-electron chi connectivity index (χ2n) is 4.44. The average molecular weight is 289 g/mol. The predicted octanol–water partition coefficient (Wildman–Crippen LogP) is 2.88. The molecule has 0 aliphatic heterocycles. The zero-order valence-electron chi connectivity index (χ0n) is 11.1. The van der Waals surface area contributed by atoms with E-state index in [4.69, 9.17) is 5.73 Å². The number of non-ortho nitro benzene ring substituents is 1. The maximum atomic E-state index is 13.2. The highest BCUT2D eigenvalue weighted by atomic mass is 19.1. The van der Waals surface area contributed by atoms with Gasteiger partial charge in [0.2, 0.25) is 0 Å². The summed E-state index contributed by atoms with van der Waals surface area (Å²) in [7, 11) is 0. The molecule has 7 heteroatoms. The van der Waals surface area contributed by atoms with Crippen LogP contribution in [-0.4, -0.2) is 10.8 Å². The number of rotatable bonds is 3. The normalized spacial score (nSPS) is 10.2. The van der Waals surface area contributed by atoms with E-state index in [1.807, 2.05) is 0 Å². The molecular weight excluding hydrogens is 277 g/mol. The molecule has 0 aromatic heterocycles. The smallest absolute Gasteiger partial charge is 0.271 e. The molecule has 21 heavy (non-hydrogen) atoms. The lowest BCUT2D eigenvalue weighted by molar-refractivity contribution is -0.384. The highest BCUT2D eigenvalue weighted by Crippen LogP contribution is 2.23. The predicted molar refractivity (Wildman–Crippen MR) is 76.6 cm³/mol.